The van der Waals surface area contributed by atoms with Gasteiger partial charge in [0.25, 0.3) is 5.91 Å². The number of hydrogen-bond acceptors (Lipinski definition) is 6. The zero-order valence-corrected chi connectivity index (χ0v) is 19.2. The van der Waals surface area contributed by atoms with Crippen LogP contribution in [0.4, 0.5) is 5.69 Å². The van der Waals surface area contributed by atoms with Gasteiger partial charge in [-0.25, -0.2) is 4.79 Å². The van der Waals surface area contributed by atoms with E-state index in [1.807, 2.05) is 25.1 Å². The van der Waals surface area contributed by atoms with Gasteiger partial charge in [-0.1, -0.05) is 29.4 Å². The molecule has 0 aliphatic carbocycles. The summed E-state index contributed by atoms with van der Waals surface area (Å²) in [6.45, 7) is 1.46. The second-order valence-corrected chi connectivity index (χ2v) is 8.74. The molecule has 30 heavy (non-hydrogen) atoms. The van der Waals surface area contributed by atoms with E-state index in [2.05, 4.69) is 26.6 Å². The quantitative estimate of drug-likeness (QED) is 0.470. The number of carboxylic acid groups (broad SMARTS) is 1. The lowest BCUT2D eigenvalue weighted by Gasteiger charge is -2.15. The second kappa shape index (κ2) is 9.63. The average molecular weight is 514 g/mol. The normalized spacial score (nSPS) is 17.0. The van der Waals surface area contributed by atoms with Gasteiger partial charge >= 0.3 is 5.97 Å². The predicted molar refractivity (Wildman–Crippen MR) is 121 cm³/mol. The fourth-order valence-electron chi connectivity index (χ4n) is 2.70. The number of methoxy groups -OCH3 is 1. The average Bonchev–Trinajstić information content (AvgIpc) is 3.02. The highest BCUT2D eigenvalue weighted by molar-refractivity contribution is 9.10. The number of carbonyl (C=O) groups excluding carboxylic acids is 1. The maximum absolute atomic E-state index is 12.4. The summed E-state index contributed by atoms with van der Waals surface area (Å²) in [5, 5.41) is 15.6. The largest absolute Gasteiger partial charge is 0.493 e. The highest BCUT2D eigenvalue weighted by Crippen LogP contribution is 2.38. The Hall–Kier alpha value is -2.36. The first-order valence-corrected chi connectivity index (χ1v) is 10.8. The molecular formula is C20H18BrClN2O5S. The Bertz CT molecular complexity index is 1030. The van der Waals surface area contributed by atoms with Gasteiger partial charge in [-0.05, 0) is 64.3 Å². The summed E-state index contributed by atoms with van der Waals surface area (Å²) in [4.78, 5) is 23.7. The third-order valence-electron chi connectivity index (χ3n) is 4.11. The maximum Gasteiger partial charge on any atom is 0.341 e. The number of amides is 1. The number of thioether (sulfide) groups is 1. The van der Waals surface area contributed by atoms with Gasteiger partial charge in [0.1, 0.15) is 0 Å². The Kier molecular flexibility index (Phi) is 7.17. The van der Waals surface area contributed by atoms with Crippen molar-refractivity contribution < 1.29 is 24.2 Å². The van der Waals surface area contributed by atoms with Crippen molar-refractivity contribution in [2.75, 3.05) is 19.0 Å². The fourth-order valence-corrected chi connectivity index (χ4v) is 4.43. The molecule has 0 saturated carbocycles. The van der Waals surface area contributed by atoms with E-state index in [0.717, 1.165) is 11.3 Å². The Morgan fingerprint density at radius 3 is 2.87 bits per heavy atom. The van der Waals surface area contributed by atoms with Gasteiger partial charge in [0.05, 0.1) is 16.5 Å². The van der Waals surface area contributed by atoms with E-state index in [9.17, 15) is 9.59 Å². The van der Waals surface area contributed by atoms with Crippen molar-refractivity contribution >= 4 is 62.9 Å². The molecule has 3 rings (SSSR count). The minimum Gasteiger partial charge on any atom is -0.493 e. The van der Waals surface area contributed by atoms with Crippen molar-refractivity contribution in [1.82, 2.24) is 5.32 Å². The van der Waals surface area contributed by atoms with Gasteiger partial charge in [-0.3, -0.25) is 4.79 Å². The molecule has 158 valence electrons. The molecule has 3 N–H and O–H groups in total. The number of ether oxygens (including phenoxy) is 2. The van der Waals surface area contributed by atoms with Crippen molar-refractivity contribution in [3.63, 3.8) is 0 Å². The Balaban J connectivity index is 1.79. The maximum atomic E-state index is 12.4. The van der Waals surface area contributed by atoms with Crippen LogP contribution in [0.25, 0.3) is 6.08 Å². The van der Waals surface area contributed by atoms with Gasteiger partial charge < -0.3 is 25.2 Å². The minimum atomic E-state index is -1.09. The van der Waals surface area contributed by atoms with Crippen LogP contribution in [0.1, 0.15) is 11.1 Å². The molecule has 1 heterocycles. The van der Waals surface area contributed by atoms with Crippen LogP contribution in [-0.2, 0) is 9.59 Å². The number of rotatable bonds is 7. The van der Waals surface area contributed by atoms with Crippen molar-refractivity contribution in [3.8, 4) is 11.5 Å². The van der Waals surface area contributed by atoms with Gasteiger partial charge in [0.2, 0.25) is 0 Å². The first-order valence-electron chi connectivity index (χ1n) is 8.71. The van der Waals surface area contributed by atoms with Crippen LogP contribution in [0.2, 0.25) is 5.02 Å². The Morgan fingerprint density at radius 2 is 2.17 bits per heavy atom. The van der Waals surface area contributed by atoms with Crippen molar-refractivity contribution in [2.45, 2.75) is 12.4 Å². The molecule has 1 unspecified atom stereocenters. The van der Waals surface area contributed by atoms with Crippen LogP contribution < -0.4 is 20.1 Å². The van der Waals surface area contributed by atoms with E-state index in [1.165, 1.54) is 18.9 Å². The molecule has 2 aromatic rings. The number of carboxylic acids is 1. The topological polar surface area (TPSA) is 96.9 Å². The van der Waals surface area contributed by atoms with Crippen LogP contribution >= 0.6 is 39.3 Å². The Labute approximate surface area is 190 Å². The van der Waals surface area contributed by atoms with Gasteiger partial charge in [-0.2, -0.15) is 0 Å². The second-order valence-electron chi connectivity index (χ2n) is 6.30. The molecule has 0 spiro atoms. The summed E-state index contributed by atoms with van der Waals surface area (Å²) in [6.07, 6.45) is 1.72. The van der Waals surface area contributed by atoms with Crippen LogP contribution in [0.5, 0.6) is 11.5 Å². The number of aryl methyl sites for hydroxylation is 1. The summed E-state index contributed by atoms with van der Waals surface area (Å²) >= 11 is 10.8. The molecule has 0 radical (unpaired) electrons. The summed E-state index contributed by atoms with van der Waals surface area (Å²) in [7, 11) is 1.45. The molecule has 1 aliphatic heterocycles. The zero-order chi connectivity index (χ0) is 21.8. The number of benzene rings is 2. The van der Waals surface area contributed by atoms with Gasteiger partial charge in [-0.15, -0.1) is 0 Å². The van der Waals surface area contributed by atoms with Crippen LogP contribution in [0.15, 0.2) is 39.7 Å². The van der Waals surface area contributed by atoms with E-state index in [0.29, 0.717) is 25.7 Å². The summed E-state index contributed by atoms with van der Waals surface area (Å²) < 4.78 is 11.1. The molecule has 1 atom stereocenters. The molecule has 1 fully saturated rings. The molecule has 0 aromatic heterocycles. The summed E-state index contributed by atoms with van der Waals surface area (Å²) in [6, 6.07) is 8.92. The van der Waals surface area contributed by atoms with E-state index < -0.39 is 12.6 Å². The lowest BCUT2D eigenvalue weighted by Crippen LogP contribution is -2.31. The van der Waals surface area contributed by atoms with Crippen LogP contribution in [0.3, 0.4) is 0 Å². The Morgan fingerprint density at radius 1 is 1.40 bits per heavy atom. The predicted octanol–water partition coefficient (Wildman–Crippen LogP) is 4.48. The molecule has 7 nitrogen and oxygen atoms in total. The summed E-state index contributed by atoms with van der Waals surface area (Å²) in [5.74, 6) is -0.673. The molecule has 10 heteroatoms. The fraction of sp³-hybridized carbons (Fsp3) is 0.200. The van der Waals surface area contributed by atoms with Crippen molar-refractivity contribution in [1.29, 1.82) is 0 Å². The third kappa shape index (κ3) is 5.41. The molecule has 1 aliphatic rings. The highest BCUT2D eigenvalue weighted by atomic mass is 79.9. The SMILES string of the molecule is COc1cc(/C=C2\SC(Nc3cc(Cl)ccc3C)NC2=O)cc(Br)c1OCC(=O)O. The van der Waals surface area contributed by atoms with Crippen molar-refractivity contribution in [3.05, 3.63) is 55.9 Å². The number of hydrogen-bond donors (Lipinski definition) is 3. The highest BCUT2D eigenvalue weighted by Gasteiger charge is 2.27. The standard InChI is InChI=1S/C20H18BrClN2O5S/c1-10-3-4-12(22)8-14(10)23-20-24-19(27)16(30-20)7-11-5-13(21)18(15(6-11)28-2)29-9-17(25)26/h3-8,20,23H,9H2,1-2H3,(H,24,27)(H,25,26)/b16-7-. The van der Waals surface area contributed by atoms with E-state index in [1.54, 1.807) is 18.2 Å². The minimum absolute atomic E-state index is 0.210. The zero-order valence-electron chi connectivity index (χ0n) is 16.0. The number of anilines is 1. The lowest BCUT2D eigenvalue weighted by atomic mass is 10.2. The molecule has 1 amide bonds. The first kappa shape index (κ1) is 22.3. The number of nitrogens with one attached hydrogen (secondary N) is 2. The van der Waals surface area contributed by atoms with Crippen molar-refractivity contribution in [2.24, 2.45) is 0 Å². The number of halogens is 2. The van der Waals surface area contributed by atoms with Gasteiger partial charge in [0, 0.05) is 10.7 Å². The molecule has 1 saturated heterocycles. The third-order valence-corrected chi connectivity index (χ3v) is 5.96. The number of carbonyl (C=O) groups is 2. The van der Waals surface area contributed by atoms with Gasteiger partial charge in [0.15, 0.2) is 23.6 Å². The van der Waals surface area contributed by atoms with Crippen LogP contribution in [-0.4, -0.2) is 36.2 Å². The first-order chi connectivity index (χ1) is 14.3. The summed E-state index contributed by atoms with van der Waals surface area (Å²) in [5.41, 5.74) is 2.20. The van der Waals surface area contributed by atoms with E-state index in [4.69, 9.17) is 26.2 Å². The smallest absolute Gasteiger partial charge is 0.341 e. The van der Waals surface area contributed by atoms with Crippen LogP contribution in [0, 0.1) is 6.92 Å². The molecule has 0 bridgehead atoms. The monoisotopic (exact) mass is 512 g/mol. The van der Waals surface area contributed by atoms with E-state index in [-0.39, 0.29) is 17.2 Å². The number of aliphatic carboxylic acids is 1. The lowest BCUT2D eigenvalue weighted by molar-refractivity contribution is -0.139. The van der Waals surface area contributed by atoms with E-state index >= 15 is 0 Å². The molecule has 2 aromatic carbocycles. The molecular weight excluding hydrogens is 496 g/mol.